The van der Waals surface area contributed by atoms with Crippen LogP contribution in [0.25, 0.3) is 0 Å². The smallest absolute Gasteiger partial charge is 0.288 e. The summed E-state index contributed by atoms with van der Waals surface area (Å²) in [6.45, 7) is 9.57. The Bertz CT molecular complexity index is 383. The Morgan fingerprint density at radius 2 is 2.11 bits per heavy atom. The zero-order valence-electron chi connectivity index (χ0n) is 12.3. The molecule has 19 heavy (non-hydrogen) atoms. The third-order valence-corrected chi connectivity index (χ3v) is 3.42. The van der Waals surface area contributed by atoms with Crippen molar-refractivity contribution in [1.82, 2.24) is 15.1 Å². The molecule has 0 amide bonds. The average Bonchev–Trinajstić information content (AvgIpc) is 2.69. The number of alkyl halides is 2. The maximum Gasteiger partial charge on any atom is 0.288 e. The fraction of sp³-hybridized carbons (Fsp3) is 0.786. The van der Waals surface area contributed by atoms with Crippen LogP contribution in [-0.4, -0.2) is 22.9 Å². The van der Waals surface area contributed by atoms with Gasteiger partial charge in [-0.15, -0.1) is 0 Å². The highest BCUT2D eigenvalue weighted by Crippen LogP contribution is 2.26. The van der Waals surface area contributed by atoms with Gasteiger partial charge in [-0.1, -0.05) is 20.3 Å². The summed E-state index contributed by atoms with van der Waals surface area (Å²) in [5.74, 6) is -2.39. The molecule has 1 aromatic heterocycles. The van der Waals surface area contributed by atoms with E-state index in [0.29, 0.717) is 12.5 Å². The second kappa shape index (κ2) is 6.98. The summed E-state index contributed by atoms with van der Waals surface area (Å²) in [7, 11) is 0. The number of hydrogen-bond donors (Lipinski definition) is 1. The Labute approximate surface area is 114 Å². The van der Waals surface area contributed by atoms with E-state index in [1.165, 1.54) is 6.07 Å². The Morgan fingerprint density at radius 1 is 1.42 bits per heavy atom. The monoisotopic (exact) mass is 273 g/mol. The summed E-state index contributed by atoms with van der Waals surface area (Å²) in [6.07, 6.45) is 2.07. The van der Waals surface area contributed by atoms with E-state index in [2.05, 4.69) is 24.3 Å². The van der Waals surface area contributed by atoms with Crippen LogP contribution in [-0.2, 0) is 12.5 Å². The topological polar surface area (TPSA) is 29.9 Å². The quantitative estimate of drug-likeness (QED) is 0.736. The van der Waals surface area contributed by atoms with Crippen molar-refractivity contribution in [3.8, 4) is 0 Å². The third kappa shape index (κ3) is 4.90. The fourth-order valence-corrected chi connectivity index (χ4v) is 2.06. The van der Waals surface area contributed by atoms with Gasteiger partial charge < -0.3 is 5.32 Å². The Kier molecular flexibility index (Phi) is 5.91. The third-order valence-electron chi connectivity index (χ3n) is 3.42. The van der Waals surface area contributed by atoms with Gasteiger partial charge >= 0.3 is 0 Å². The zero-order valence-corrected chi connectivity index (χ0v) is 12.3. The lowest BCUT2D eigenvalue weighted by molar-refractivity contribution is 0.0119. The standard InChI is InChI=1S/C14H25F2N3/c1-5-12(7-8-17-6-2)10-19-11(3)9-13(18-19)14(4,15)16/h9,12,17H,5-8,10H2,1-4H3. The van der Waals surface area contributed by atoms with Crippen LogP contribution < -0.4 is 5.32 Å². The molecular formula is C14H25F2N3. The van der Waals surface area contributed by atoms with Crippen molar-refractivity contribution in [2.45, 2.75) is 53.0 Å². The number of nitrogens with zero attached hydrogens (tertiary/aromatic N) is 2. The summed E-state index contributed by atoms with van der Waals surface area (Å²) >= 11 is 0. The molecule has 0 aromatic carbocycles. The minimum atomic E-state index is -2.86. The summed E-state index contributed by atoms with van der Waals surface area (Å²) in [6, 6.07) is 1.48. The molecule has 110 valence electrons. The Hall–Kier alpha value is -0.970. The van der Waals surface area contributed by atoms with Gasteiger partial charge in [0.1, 0.15) is 5.69 Å². The van der Waals surface area contributed by atoms with Crippen LogP contribution in [0.2, 0.25) is 0 Å². The molecule has 1 unspecified atom stereocenters. The number of hydrogen-bond acceptors (Lipinski definition) is 2. The van der Waals surface area contributed by atoms with Crippen LogP contribution >= 0.6 is 0 Å². The zero-order chi connectivity index (χ0) is 14.5. The lowest BCUT2D eigenvalue weighted by Gasteiger charge is -2.16. The van der Waals surface area contributed by atoms with Crippen molar-refractivity contribution in [3.05, 3.63) is 17.5 Å². The molecule has 0 saturated carbocycles. The molecule has 0 aliphatic rings. The lowest BCUT2D eigenvalue weighted by Crippen LogP contribution is -2.21. The van der Waals surface area contributed by atoms with E-state index < -0.39 is 5.92 Å². The molecule has 0 bridgehead atoms. The van der Waals surface area contributed by atoms with Crippen LogP contribution in [0.1, 0.15) is 45.0 Å². The van der Waals surface area contributed by atoms with Crippen LogP contribution in [0.3, 0.4) is 0 Å². The maximum absolute atomic E-state index is 13.2. The van der Waals surface area contributed by atoms with Gasteiger partial charge in [0.25, 0.3) is 5.92 Å². The van der Waals surface area contributed by atoms with Crippen LogP contribution in [0.5, 0.6) is 0 Å². The van der Waals surface area contributed by atoms with Crippen molar-refractivity contribution in [2.75, 3.05) is 13.1 Å². The number of aromatic nitrogens is 2. The second-order valence-electron chi connectivity index (χ2n) is 5.16. The molecule has 1 rings (SSSR count). The van der Waals surface area contributed by atoms with Gasteiger partial charge in [0.2, 0.25) is 0 Å². The summed E-state index contributed by atoms with van der Waals surface area (Å²) in [5.41, 5.74) is 0.671. The first-order chi connectivity index (χ1) is 8.88. The molecule has 0 spiro atoms. The molecular weight excluding hydrogens is 248 g/mol. The molecule has 0 fully saturated rings. The van der Waals surface area contributed by atoms with Crippen molar-refractivity contribution in [2.24, 2.45) is 5.92 Å². The van der Waals surface area contributed by atoms with E-state index in [-0.39, 0.29) is 5.69 Å². The highest BCUT2D eigenvalue weighted by molar-refractivity contribution is 5.13. The van der Waals surface area contributed by atoms with Crippen LogP contribution in [0, 0.1) is 12.8 Å². The van der Waals surface area contributed by atoms with Gasteiger partial charge in [0, 0.05) is 19.2 Å². The van der Waals surface area contributed by atoms with Gasteiger partial charge in [-0.3, -0.25) is 4.68 Å². The number of nitrogens with one attached hydrogen (secondary N) is 1. The first-order valence-corrected chi connectivity index (χ1v) is 7.01. The van der Waals surface area contributed by atoms with Crippen LogP contribution in [0.4, 0.5) is 8.78 Å². The van der Waals surface area contributed by atoms with Gasteiger partial charge in [0.15, 0.2) is 0 Å². The van der Waals surface area contributed by atoms with Crippen molar-refractivity contribution in [3.63, 3.8) is 0 Å². The number of aryl methyl sites for hydroxylation is 1. The molecule has 1 N–H and O–H groups in total. The fourth-order valence-electron chi connectivity index (χ4n) is 2.06. The summed E-state index contributed by atoms with van der Waals surface area (Å²) in [4.78, 5) is 0. The Morgan fingerprint density at radius 3 is 2.58 bits per heavy atom. The molecule has 0 aliphatic heterocycles. The van der Waals surface area contributed by atoms with E-state index in [0.717, 1.165) is 38.5 Å². The first-order valence-electron chi connectivity index (χ1n) is 7.01. The summed E-state index contributed by atoms with van der Waals surface area (Å²) < 4.78 is 28.2. The molecule has 5 heteroatoms. The van der Waals surface area contributed by atoms with Crippen molar-refractivity contribution >= 4 is 0 Å². The van der Waals surface area contributed by atoms with Crippen molar-refractivity contribution < 1.29 is 8.78 Å². The number of halogens is 2. The predicted octanol–water partition coefficient (Wildman–Crippen LogP) is 3.33. The molecule has 3 nitrogen and oxygen atoms in total. The minimum Gasteiger partial charge on any atom is -0.317 e. The molecule has 0 saturated heterocycles. The van der Waals surface area contributed by atoms with Gasteiger partial charge in [0.05, 0.1) is 0 Å². The van der Waals surface area contributed by atoms with E-state index >= 15 is 0 Å². The predicted molar refractivity (Wildman–Crippen MR) is 73.5 cm³/mol. The molecule has 0 aliphatic carbocycles. The van der Waals surface area contributed by atoms with Crippen molar-refractivity contribution in [1.29, 1.82) is 0 Å². The van der Waals surface area contributed by atoms with E-state index in [1.807, 2.05) is 6.92 Å². The molecule has 1 atom stereocenters. The normalized spacial score (nSPS) is 13.8. The highest BCUT2D eigenvalue weighted by atomic mass is 19.3. The number of rotatable bonds is 8. The minimum absolute atomic E-state index is 0.133. The largest absolute Gasteiger partial charge is 0.317 e. The lowest BCUT2D eigenvalue weighted by atomic mass is 10.0. The van der Waals surface area contributed by atoms with Crippen LogP contribution in [0.15, 0.2) is 6.07 Å². The molecule has 1 aromatic rings. The van der Waals surface area contributed by atoms with Gasteiger partial charge in [-0.25, -0.2) is 0 Å². The SMILES string of the molecule is CCNCCC(CC)Cn1nc(C(C)(F)F)cc1C. The summed E-state index contributed by atoms with van der Waals surface area (Å²) in [5, 5.41) is 7.34. The van der Waals surface area contributed by atoms with Gasteiger partial charge in [-0.2, -0.15) is 13.9 Å². The molecule has 1 heterocycles. The maximum atomic E-state index is 13.2. The Balaban J connectivity index is 2.67. The van der Waals surface area contributed by atoms with E-state index in [4.69, 9.17) is 0 Å². The van der Waals surface area contributed by atoms with E-state index in [9.17, 15) is 8.78 Å². The second-order valence-corrected chi connectivity index (χ2v) is 5.16. The average molecular weight is 273 g/mol. The first kappa shape index (κ1) is 16.1. The van der Waals surface area contributed by atoms with Gasteiger partial charge in [-0.05, 0) is 38.4 Å². The highest BCUT2D eigenvalue weighted by Gasteiger charge is 2.28. The molecule has 0 radical (unpaired) electrons. The van der Waals surface area contributed by atoms with E-state index in [1.54, 1.807) is 4.68 Å².